The number of hydrogen-bond acceptors (Lipinski definition) is 5. The molecule has 160 valence electrons. The SMILES string of the molecule is [C-]#[N+]c1ccc(Cc2nc3c(s2)c2cnn(Cc4cccc5[nH]ncc45)c(=O)c2n3C)cc1. The molecular weight excluding hydrogens is 434 g/mol. The van der Waals surface area contributed by atoms with Crippen LogP contribution in [0.1, 0.15) is 16.1 Å². The van der Waals surface area contributed by atoms with Crippen LogP contribution in [0.4, 0.5) is 5.69 Å². The number of nitrogens with one attached hydrogen (secondary N) is 1. The van der Waals surface area contributed by atoms with Gasteiger partial charge in [0.05, 0.1) is 35.7 Å². The molecule has 9 heteroatoms. The smallest absolute Gasteiger partial charge is 0.291 e. The summed E-state index contributed by atoms with van der Waals surface area (Å²) in [4.78, 5) is 21.6. The van der Waals surface area contributed by atoms with Gasteiger partial charge >= 0.3 is 0 Å². The van der Waals surface area contributed by atoms with Crippen LogP contribution in [0.2, 0.25) is 0 Å². The predicted molar refractivity (Wildman–Crippen MR) is 129 cm³/mol. The fourth-order valence-corrected chi connectivity index (χ4v) is 5.35. The summed E-state index contributed by atoms with van der Waals surface area (Å²) in [7, 11) is 1.88. The first-order valence-corrected chi connectivity index (χ1v) is 11.2. The highest BCUT2D eigenvalue weighted by Crippen LogP contribution is 2.32. The van der Waals surface area contributed by atoms with Gasteiger partial charge in [-0.1, -0.05) is 36.4 Å². The normalized spacial score (nSPS) is 11.5. The molecule has 4 heterocycles. The monoisotopic (exact) mass is 451 g/mol. The molecular formula is C24H17N7OS. The van der Waals surface area contributed by atoms with E-state index >= 15 is 0 Å². The molecule has 2 aromatic carbocycles. The van der Waals surface area contributed by atoms with E-state index in [2.05, 4.69) is 20.1 Å². The molecule has 0 aliphatic heterocycles. The Morgan fingerprint density at radius 2 is 1.97 bits per heavy atom. The van der Waals surface area contributed by atoms with Crippen molar-refractivity contribution in [1.82, 2.24) is 29.5 Å². The summed E-state index contributed by atoms with van der Waals surface area (Å²) in [6, 6.07) is 13.4. The van der Waals surface area contributed by atoms with Crippen molar-refractivity contribution in [3.05, 3.63) is 92.8 Å². The molecule has 0 fully saturated rings. The summed E-state index contributed by atoms with van der Waals surface area (Å²) in [5, 5.41) is 14.3. The van der Waals surface area contributed by atoms with E-state index in [-0.39, 0.29) is 5.56 Å². The Balaban J connectivity index is 1.39. The molecule has 0 saturated carbocycles. The zero-order valence-corrected chi connectivity index (χ0v) is 18.4. The summed E-state index contributed by atoms with van der Waals surface area (Å²) >= 11 is 1.58. The molecule has 0 saturated heterocycles. The van der Waals surface area contributed by atoms with E-state index in [0.29, 0.717) is 24.2 Å². The van der Waals surface area contributed by atoms with Gasteiger partial charge in [0, 0.05) is 24.2 Å². The average molecular weight is 452 g/mol. The molecule has 0 bridgehead atoms. The Morgan fingerprint density at radius 3 is 2.79 bits per heavy atom. The first-order chi connectivity index (χ1) is 16.1. The second-order valence-electron chi connectivity index (χ2n) is 7.89. The molecule has 0 atom stereocenters. The van der Waals surface area contributed by atoms with Gasteiger partial charge in [-0.25, -0.2) is 14.5 Å². The molecule has 1 N–H and O–H groups in total. The van der Waals surface area contributed by atoms with Crippen molar-refractivity contribution >= 4 is 49.2 Å². The van der Waals surface area contributed by atoms with E-state index in [0.717, 1.165) is 42.8 Å². The second kappa shape index (κ2) is 7.39. The van der Waals surface area contributed by atoms with Crippen molar-refractivity contribution in [2.75, 3.05) is 0 Å². The molecule has 0 amide bonds. The van der Waals surface area contributed by atoms with Gasteiger partial charge in [-0.2, -0.15) is 10.2 Å². The maximum absolute atomic E-state index is 13.3. The largest absolute Gasteiger partial charge is 0.323 e. The average Bonchev–Trinajstić information content (AvgIpc) is 3.53. The van der Waals surface area contributed by atoms with Crippen molar-refractivity contribution in [3.8, 4) is 0 Å². The summed E-state index contributed by atoms with van der Waals surface area (Å²) in [6.45, 7) is 7.45. The Bertz CT molecular complexity index is 1760. The van der Waals surface area contributed by atoms with Gasteiger partial charge in [0.1, 0.15) is 10.5 Å². The number of aromatic amines is 1. The molecule has 0 unspecified atom stereocenters. The van der Waals surface area contributed by atoms with Gasteiger partial charge in [-0.15, -0.1) is 11.3 Å². The predicted octanol–water partition coefficient (Wildman–Crippen LogP) is 4.41. The maximum Gasteiger partial charge on any atom is 0.291 e. The lowest BCUT2D eigenvalue weighted by molar-refractivity contribution is 0.647. The fraction of sp³-hybridized carbons (Fsp3) is 0.125. The van der Waals surface area contributed by atoms with Crippen molar-refractivity contribution in [2.45, 2.75) is 13.0 Å². The van der Waals surface area contributed by atoms with Crippen molar-refractivity contribution < 1.29 is 0 Å². The topological polar surface area (TPSA) is 85.8 Å². The Morgan fingerprint density at radius 1 is 1.12 bits per heavy atom. The first-order valence-electron chi connectivity index (χ1n) is 10.3. The molecule has 6 rings (SSSR count). The second-order valence-corrected chi connectivity index (χ2v) is 8.98. The van der Waals surface area contributed by atoms with Crippen molar-refractivity contribution in [1.29, 1.82) is 0 Å². The number of thiazole rings is 1. The van der Waals surface area contributed by atoms with Gasteiger partial charge < -0.3 is 4.57 Å². The first kappa shape index (κ1) is 19.4. The number of fused-ring (bicyclic) bond motifs is 4. The van der Waals surface area contributed by atoms with Gasteiger partial charge in [0.25, 0.3) is 5.56 Å². The lowest BCUT2D eigenvalue weighted by Crippen LogP contribution is -2.24. The zero-order chi connectivity index (χ0) is 22.5. The van der Waals surface area contributed by atoms with E-state index < -0.39 is 0 Å². The minimum Gasteiger partial charge on any atom is -0.323 e. The quantitative estimate of drug-likeness (QED) is 0.402. The molecule has 4 aromatic heterocycles. The number of rotatable bonds is 4. The zero-order valence-electron chi connectivity index (χ0n) is 17.6. The van der Waals surface area contributed by atoms with Crippen LogP contribution >= 0.6 is 11.3 Å². The van der Waals surface area contributed by atoms with Crippen molar-refractivity contribution in [2.24, 2.45) is 7.05 Å². The number of aromatic nitrogens is 6. The number of nitrogens with zero attached hydrogens (tertiary/aromatic N) is 6. The van der Waals surface area contributed by atoms with Crippen LogP contribution in [0.3, 0.4) is 0 Å². The highest BCUT2D eigenvalue weighted by Gasteiger charge is 2.18. The summed E-state index contributed by atoms with van der Waals surface area (Å²) < 4.78 is 4.33. The maximum atomic E-state index is 13.3. The minimum absolute atomic E-state index is 0.142. The Hall–Kier alpha value is -4.29. The van der Waals surface area contributed by atoms with Crippen molar-refractivity contribution in [3.63, 3.8) is 0 Å². The molecule has 8 nitrogen and oxygen atoms in total. The van der Waals surface area contributed by atoms with Gasteiger partial charge in [-0.3, -0.25) is 9.89 Å². The van der Waals surface area contributed by atoms with E-state index in [1.165, 1.54) is 4.68 Å². The van der Waals surface area contributed by atoms with E-state index in [1.807, 2.05) is 54.1 Å². The van der Waals surface area contributed by atoms with Crippen LogP contribution < -0.4 is 5.56 Å². The number of H-pyrrole nitrogens is 1. The van der Waals surface area contributed by atoms with Gasteiger partial charge in [0.2, 0.25) is 0 Å². The molecule has 0 aliphatic rings. The molecule has 33 heavy (non-hydrogen) atoms. The van der Waals surface area contributed by atoms with Gasteiger partial charge in [0.15, 0.2) is 11.3 Å². The number of benzene rings is 2. The highest BCUT2D eigenvalue weighted by molar-refractivity contribution is 7.19. The van der Waals surface area contributed by atoms with Crippen LogP contribution in [0.15, 0.2) is 59.7 Å². The van der Waals surface area contributed by atoms with Crippen LogP contribution in [-0.2, 0) is 20.0 Å². The lowest BCUT2D eigenvalue weighted by Gasteiger charge is -2.07. The van der Waals surface area contributed by atoms with Crippen LogP contribution in [-0.4, -0.2) is 29.5 Å². The Kier molecular flexibility index (Phi) is 4.35. The molecule has 0 radical (unpaired) electrons. The number of aryl methyl sites for hydroxylation is 1. The lowest BCUT2D eigenvalue weighted by atomic mass is 10.1. The van der Waals surface area contributed by atoms with Crippen LogP contribution in [0.5, 0.6) is 0 Å². The fourth-order valence-electron chi connectivity index (χ4n) is 4.21. The van der Waals surface area contributed by atoms with Crippen LogP contribution in [0.25, 0.3) is 37.0 Å². The summed E-state index contributed by atoms with van der Waals surface area (Å²) in [6.07, 6.45) is 4.22. The van der Waals surface area contributed by atoms with E-state index in [1.54, 1.807) is 23.7 Å². The molecule has 6 aromatic rings. The van der Waals surface area contributed by atoms with Gasteiger partial charge in [-0.05, 0) is 17.2 Å². The standard InChI is InChI=1S/C24H17N7OS/c1-25-16-8-6-14(7-9-16)10-20-28-23-22(33-20)18-12-27-31(24(32)21(18)30(23)2)13-15-4-3-5-19-17(15)11-26-29-19/h3-9,11-12H,10,13H2,2H3,(H,26,29). The minimum atomic E-state index is -0.142. The number of hydrogen-bond donors (Lipinski definition) is 1. The summed E-state index contributed by atoms with van der Waals surface area (Å²) in [5.74, 6) is 0. The third-order valence-electron chi connectivity index (χ3n) is 5.89. The summed E-state index contributed by atoms with van der Waals surface area (Å²) in [5.41, 5.74) is 4.89. The molecule has 0 spiro atoms. The highest BCUT2D eigenvalue weighted by atomic mass is 32.1. The Labute approximate surface area is 191 Å². The molecule has 0 aliphatic carbocycles. The third-order valence-corrected chi connectivity index (χ3v) is 6.96. The van der Waals surface area contributed by atoms with E-state index in [9.17, 15) is 4.79 Å². The van der Waals surface area contributed by atoms with E-state index in [4.69, 9.17) is 11.6 Å². The van der Waals surface area contributed by atoms with Crippen LogP contribution in [0, 0.1) is 6.57 Å². The third kappa shape index (κ3) is 3.11.